The molecular formula is C14H23BrN2O. The van der Waals surface area contributed by atoms with Gasteiger partial charge in [-0.25, -0.2) is 0 Å². The number of rotatable bonds is 9. The Bertz CT molecular complexity index is 333. The van der Waals surface area contributed by atoms with E-state index in [0.29, 0.717) is 0 Å². The van der Waals surface area contributed by atoms with Gasteiger partial charge in [0.05, 0.1) is 6.61 Å². The lowest BCUT2D eigenvalue weighted by molar-refractivity contribution is 0.160. The van der Waals surface area contributed by atoms with Crippen molar-refractivity contribution in [3.05, 3.63) is 34.3 Å². The molecule has 0 saturated carbocycles. The molecule has 1 aromatic rings. The number of likely N-dealkylation sites (N-methyl/N-ethyl adjacent to an activating group) is 1. The summed E-state index contributed by atoms with van der Waals surface area (Å²) in [7, 11) is 3.87. The smallest absolute Gasteiger partial charge is 0.0589 e. The minimum atomic E-state index is 0.806. The van der Waals surface area contributed by atoms with E-state index in [2.05, 4.69) is 51.4 Å². The first-order chi connectivity index (χ1) is 8.74. The third-order valence-corrected chi connectivity index (χ3v) is 3.62. The van der Waals surface area contributed by atoms with Gasteiger partial charge in [0.1, 0.15) is 0 Å². The Morgan fingerprint density at radius 3 is 2.78 bits per heavy atom. The molecule has 1 rings (SSSR count). The Morgan fingerprint density at radius 2 is 2.06 bits per heavy atom. The van der Waals surface area contributed by atoms with Gasteiger partial charge in [0.15, 0.2) is 0 Å². The maximum Gasteiger partial charge on any atom is 0.0589 e. The highest BCUT2D eigenvalue weighted by molar-refractivity contribution is 9.10. The summed E-state index contributed by atoms with van der Waals surface area (Å²) < 4.78 is 6.22. The summed E-state index contributed by atoms with van der Waals surface area (Å²) in [5.41, 5.74) is 1.31. The van der Waals surface area contributed by atoms with E-state index in [4.69, 9.17) is 4.74 Å². The van der Waals surface area contributed by atoms with E-state index in [0.717, 1.165) is 39.2 Å². The molecule has 0 radical (unpaired) electrons. The summed E-state index contributed by atoms with van der Waals surface area (Å²) in [5.74, 6) is 0. The first-order valence-electron chi connectivity index (χ1n) is 6.35. The fraction of sp³-hybridized carbons (Fsp3) is 0.571. The summed E-state index contributed by atoms with van der Waals surface area (Å²) in [6.45, 7) is 4.87. The van der Waals surface area contributed by atoms with Gasteiger partial charge in [-0.05, 0) is 38.2 Å². The van der Waals surface area contributed by atoms with Gasteiger partial charge in [-0.2, -0.15) is 0 Å². The molecule has 0 atom stereocenters. The van der Waals surface area contributed by atoms with E-state index in [1.807, 2.05) is 6.07 Å². The number of hydrogen-bond acceptors (Lipinski definition) is 3. The number of benzene rings is 1. The topological polar surface area (TPSA) is 24.5 Å². The van der Waals surface area contributed by atoms with E-state index >= 15 is 0 Å². The zero-order valence-corrected chi connectivity index (χ0v) is 12.9. The molecule has 0 aliphatic heterocycles. The van der Waals surface area contributed by atoms with Crippen LogP contribution in [-0.4, -0.2) is 45.3 Å². The van der Waals surface area contributed by atoms with Crippen LogP contribution in [0.1, 0.15) is 12.0 Å². The molecule has 0 fully saturated rings. The molecule has 0 aromatic heterocycles. The van der Waals surface area contributed by atoms with Gasteiger partial charge in [0.2, 0.25) is 0 Å². The second-order valence-electron chi connectivity index (χ2n) is 4.42. The highest BCUT2D eigenvalue weighted by Crippen LogP contribution is 2.15. The molecule has 0 bridgehead atoms. The van der Waals surface area contributed by atoms with Gasteiger partial charge in [0, 0.05) is 24.7 Å². The summed E-state index contributed by atoms with van der Waals surface area (Å²) in [4.78, 5) is 2.30. The molecule has 18 heavy (non-hydrogen) atoms. The van der Waals surface area contributed by atoms with Crippen LogP contribution in [0.15, 0.2) is 28.7 Å². The standard InChI is InChI=1S/C14H23BrN2O/c1-17(10-11-18-2)9-5-8-16-12-13-6-3-4-7-14(13)15/h3-4,6-7,16H,5,8-12H2,1-2H3. The molecule has 0 saturated heterocycles. The fourth-order valence-electron chi connectivity index (χ4n) is 1.70. The van der Waals surface area contributed by atoms with Gasteiger partial charge in [-0.3, -0.25) is 0 Å². The second-order valence-corrected chi connectivity index (χ2v) is 5.27. The number of hydrogen-bond donors (Lipinski definition) is 1. The van der Waals surface area contributed by atoms with Crippen LogP contribution in [0.3, 0.4) is 0 Å². The summed E-state index contributed by atoms with van der Waals surface area (Å²) in [5, 5.41) is 3.47. The Labute approximate surface area is 119 Å². The van der Waals surface area contributed by atoms with Crippen molar-refractivity contribution in [1.82, 2.24) is 10.2 Å². The predicted molar refractivity (Wildman–Crippen MR) is 79.8 cm³/mol. The van der Waals surface area contributed by atoms with E-state index < -0.39 is 0 Å². The van der Waals surface area contributed by atoms with Crippen molar-refractivity contribution in [2.45, 2.75) is 13.0 Å². The predicted octanol–water partition coefficient (Wildman–Crippen LogP) is 2.51. The van der Waals surface area contributed by atoms with Crippen LogP contribution in [0.2, 0.25) is 0 Å². The summed E-state index contributed by atoms with van der Waals surface area (Å²) in [6.07, 6.45) is 1.16. The van der Waals surface area contributed by atoms with Crippen molar-refractivity contribution >= 4 is 15.9 Å². The van der Waals surface area contributed by atoms with Gasteiger partial charge in [-0.1, -0.05) is 34.1 Å². The fourth-order valence-corrected chi connectivity index (χ4v) is 2.12. The van der Waals surface area contributed by atoms with Gasteiger partial charge < -0.3 is 15.0 Å². The molecule has 0 amide bonds. The molecule has 0 aliphatic carbocycles. The van der Waals surface area contributed by atoms with Crippen LogP contribution in [0.5, 0.6) is 0 Å². The first kappa shape index (κ1) is 15.6. The monoisotopic (exact) mass is 314 g/mol. The Morgan fingerprint density at radius 1 is 1.28 bits per heavy atom. The Hall–Kier alpha value is -0.420. The van der Waals surface area contributed by atoms with Crippen LogP contribution < -0.4 is 5.32 Å². The lowest BCUT2D eigenvalue weighted by atomic mass is 10.2. The van der Waals surface area contributed by atoms with Crippen LogP contribution in [-0.2, 0) is 11.3 Å². The largest absolute Gasteiger partial charge is 0.383 e. The summed E-state index contributed by atoms with van der Waals surface area (Å²) in [6, 6.07) is 8.33. The summed E-state index contributed by atoms with van der Waals surface area (Å²) >= 11 is 3.55. The molecule has 0 heterocycles. The molecular weight excluding hydrogens is 292 g/mol. The molecule has 102 valence electrons. The third kappa shape index (κ3) is 6.50. The maximum absolute atomic E-state index is 5.05. The number of nitrogens with one attached hydrogen (secondary N) is 1. The zero-order chi connectivity index (χ0) is 13.2. The number of ether oxygens (including phenoxy) is 1. The minimum absolute atomic E-state index is 0.806. The van der Waals surface area contributed by atoms with E-state index in [-0.39, 0.29) is 0 Å². The average Bonchev–Trinajstić information content (AvgIpc) is 2.38. The van der Waals surface area contributed by atoms with E-state index in [1.54, 1.807) is 7.11 Å². The van der Waals surface area contributed by atoms with Crippen LogP contribution in [0.4, 0.5) is 0 Å². The molecule has 0 spiro atoms. The third-order valence-electron chi connectivity index (χ3n) is 2.84. The molecule has 1 aromatic carbocycles. The quantitative estimate of drug-likeness (QED) is 0.709. The SMILES string of the molecule is COCCN(C)CCCNCc1ccccc1Br. The van der Waals surface area contributed by atoms with Crippen molar-refractivity contribution in [3.8, 4) is 0 Å². The van der Waals surface area contributed by atoms with Crippen molar-refractivity contribution < 1.29 is 4.74 Å². The molecule has 0 aliphatic rings. The van der Waals surface area contributed by atoms with Crippen molar-refractivity contribution in [1.29, 1.82) is 0 Å². The molecule has 4 heteroatoms. The highest BCUT2D eigenvalue weighted by atomic mass is 79.9. The van der Waals surface area contributed by atoms with Gasteiger partial charge in [-0.15, -0.1) is 0 Å². The van der Waals surface area contributed by atoms with Gasteiger partial charge in [0.25, 0.3) is 0 Å². The lowest BCUT2D eigenvalue weighted by Gasteiger charge is -2.16. The van der Waals surface area contributed by atoms with Crippen molar-refractivity contribution in [2.75, 3.05) is 40.4 Å². The second kappa shape index (κ2) is 9.50. The van der Waals surface area contributed by atoms with Crippen LogP contribution in [0.25, 0.3) is 0 Å². The van der Waals surface area contributed by atoms with Crippen LogP contribution >= 0.6 is 15.9 Å². The molecule has 3 nitrogen and oxygen atoms in total. The lowest BCUT2D eigenvalue weighted by Crippen LogP contribution is -2.26. The first-order valence-corrected chi connectivity index (χ1v) is 7.15. The Balaban J connectivity index is 2.07. The number of halogens is 1. The normalized spacial score (nSPS) is 11.1. The minimum Gasteiger partial charge on any atom is -0.383 e. The van der Waals surface area contributed by atoms with E-state index in [9.17, 15) is 0 Å². The highest BCUT2D eigenvalue weighted by Gasteiger charge is 1.99. The molecule has 1 N–H and O–H groups in total. The van der Waals surface area contributed by atoms with E-state index in [1.165, 1.54) is 10.0 Å². The van der Waals surface area contributed by atoms with Crippen molar-refractivity contribution in [2.24, 2.45) is 0 Å². The maximum atomic E-state index is 5.05. The van der Waals surface area contributed by atoms with Crippen LogP contribution in [0, 0.1) is 0 Å². The van der Waals surface area contributed by atoms with Gasteiger partial charge >= 0.3 is 0 Å². The number of nitrogens with zero attached hydrogens (tertiary/aromatic N) is 1. The number of methoxy groups -OCH3 is 1. The Kier molecular flexibility index (Phi) is 8.25. The molecule has 0 unspecified atom stereocenters. The van der Waals surface area contributed by atoms with Crippen molar-refractivity contribution in [3.63, 3.8) is 0 Å². The zero-order valence-electron chi connectivity index (χ0n) is 11.3. The average molecular weight is 315 g/mol.